The molecular formula is C57H58N4O. The zero-order valence-corrected chi connectivity index (χ0v) is 37.6. The van der Waals surface area contributed by atoms with E-state index in [0.29, 0.717) is 18.5 Å². The molecular weight excluding hydrogens is 757 g/mol. The zero-order chi connectivity index (χ0) is 43.3. The van der Waals surface area contributed by atoms with Gasteiger partial charge in [-0.25, -0.2) is 4.98 Å². The molecule has 5 heteroatoms. The molecule has 1 aliphatic heterocycles. The minimum absolute atomic E-state index is 0.00624. The monoisotopic (exact) mass is 814 g/mol. The first-order chi connectivity index (χ1) is 29.8. The molecule has 3 heterocycles. The fourth-order valence-electron chi connectivity index (χ4n) is 9.12. The van der Waals surface area contributed by atoms with Crippen molar-refractivity contribution in [1.29, 1.82) is 0 Å². The second-order valence-corrected chi connectivity index (χ2v) is 19.0. The van der Waals surface area contributed by atoms with Gasteiger partial charge < -0.3 is 14.5 Å². The molecule has 5 nitrogen and oxygen atoms in total. The number of anilines is 2. The summed E-state index contributed by atoms with van der Waals surface area (Å²) in [4.78, 5) is 9.77. The zero-order valence-electron chi connectivity index (χ0n) is 37.6. The van der Waals surface area contributed by atoms with Crippen LogP contribution in [0, 0.1) is 0 Å². The highest BCUT2D eigenvalue weighted by Crippen LogP contribution is 2.43. The highest BCUT2D eigenvalue weighted by molar-refractivity contribution is 6.09. The van der Waals surface area contributed by atoms with E-state index in [1.165, 1.54) is 50.2 Å². The van der Waals surface area contributed by atoms with Crippen LogP contribution in [0.5, 0.6) is 11.5 Å². The number of pyridine rings is 1. The quantitative estimate of drug-likeness (QED) is 0.138. The smallest absolute Gasteiger partial charge is 0.137 e. The molecule has 6 aromatic carbocycles. The highest BCUT2D eigenvalue weighted by Gasteiger charge is 2.31. The van der Waals surface area contributed by atoms with Crippen LogP contribution in [0.15, 0.2) is 164 Å². The van der Waals surface area contributed by atoms with Crippen molar-refractivity contribution in [2.24, 2.45) is 0 Å². The predicted octanol–water partition coefficient (Wildman–Crippen LogP) is 15.1. The van der Waals surface area contributed by atoms with Gasteiger partial charge >= 0.3 is 0 Å². The molecule has 1 aliphatic rings. The molecule has 0 amide bonds. The fraction of sp³-hybridized carbons (Fsp3) is 0.246. The first-order valence-electron chi connectivity index (χ1n) is 22.1. The van der Waals surface area contributed by atoms with Crippen LogP contribution in [0.3, 0.4) is 0 Å². The van der Waals surface area contributed by atoms with Crippen molar-refractivity contribution in [3.8, 4) is 17.3 Å². The third-order valence-corrected chi connectivity index (χ3v) is 12.7. The summed E-state index contributed by atoms with van der Waals surface area (Å²) >= 11 is 0. The van der Waals surface area contributed by atoms with E-state index in [9.17, 15) is 0 Å². The van der Waals surface area contributed by atoms with Gasteiger partial charge in [-0.3, -0.25) is 4.57 Å². The third-order valence-electron chi connectivity index (χ3n) is 12.7. The van der Waals surface area contributed by atoms with Crippen molar-refractivity contribution in [1.82, 2.24) is 9.55 Å². The van der Waals surface area contributed by atoms with Crippen molar-refractivity contribution in [3.63, 3.8) is 0 Å². The van der Waals surface area contributed by atoms with Crippen LogP contribution in [0.4, 0.5) is 11.4 Å². The number of benzene rings is 6. The summed E-state index contributed by atoms with van der Waals surface area (Å²) in [6.07, 6.45) is 4.29. The highest BCUT2D eigenvalue weighted by atomic mass is 16.5. The van der Waals surface area contributed by atoms with E-state index >= 15 is 0 Å². The number of para-hydroxylation sites is 1. The summed E-state index contributed by atoms with van der Waals surface area (Å²) in [5.74, 6) is 3.15. The average molecular weight is 815 g/mol. The van der Waals surface area contributed by atoms with Crippen LogP contribution in [0.2, 0.25) is 0 Å². The van der Waals surface area contributed by atoms with Gasteiger partial charge in [0.2, 0.25) is 0 Å². The number of nitrogens with zero attached hydrogens (tertiary/aromatic N) is 4. The van der Waals surface area contributed by atoms with E-state index in [1.54, 1.807) is 0 Å². The van der Waals surface area contributed by atoms with Gasteiger partial charge in [-0.2, -0.15) is 0 Å². The molecule has 0 saturated carbocycles. The van der Waals surface area contributed by atoms with Crippen molar-refractivity contribution in [2.45, 2.75) is 85.0 Å². The molecule has 0 N–H and O–H groups in total. The molecule has 9 rings (SSSR count). The second kappa shape index (κ2) is 16.0. The van der Waals surface area contributed by atoms with Gasteiger partial charge in [-0.1, -0.05) is 147 Å². The fourth-order valence-corrected chi connectivity index (χ4v) is 9.12. The molecule has 0 fully saturated rings. The third kappa shape index (κ3) is 7.55. The van der Waals surface area contributed by atoms with E-state index < -0.39 is 0 Å². The Balaban J connectivity index is 1.12. The lowest BCUT2D eigenvalue weighted by atomic mass is 9.78. The Morgan fingerprint density at radius 2 is 1.19 bits per heavy atom. The number of fused-ring (bicyclic) bond motifs is 3. The number of ether oxygens (including phenoxy) is 1. The number of rotatable bonds is 10. The van der Waals surface area contributed by atoms with Crippen LogP contribution in [-0.2, 0) is 10.8 Å². The molecule has 0 unspecified atom stereocenters. The minimum Gasteiger partial charge on any atom is -0.457 e. The first kappa shape index (κ1) is 40.8. The van der Waals surface area contributed by atoms with E-state index in [1.807, 2.05) is 6.20 Å². The van der Waals surface area contributed by atoms with E-state index in [4.69, 9.17) is 9.72 Å². The molecule has 0 radical (unpaired) electrons. The maximum atomic E-state index is 6.83. The summed E-state index contributed by atoms with van der Waals surface area (Å²) in [6, 6.07) is 54.6. The van der Waals surface area contributed by atoms with E-state index in [2.05, 4.69) is 235 Å². The predicted molar refractivity (Wildman–Crippen MR) is 261 cm³/mol. The lowest BCUT2D eigenvalue weighted by Gasteiger charge is -2.29. The molecule has 8 aromatic rings. The molecule has 0 bridgehead atoms. The van der Waals surface area contributed by atoms with Gasteiger partial charge in [0.25, 0.3) is 0 Å². The molecule has 62 heavy (non-hydrogen) atoms. The summed E-state index contributed by atoms with van der Waals surface area (Å²) in [5, 5.41) is 2.35. The second-order valence-electron chi connectivity index (χ2n) is 19.0. The Morgan fingerprint density at radius 1 is 0.548 bits per heavy atom. The number of hydrogen-bond donors (Lipinski definition) is 0. The van der Waals surface area contributed by atoms with Crippen molar-refractivity contribution < 1.29 is 4.74 Å². The van der Waals surface area contributed by atoms with Crippen LogP contribution < -0.4 is 14.5 Å². The topological polar surface area (TPSA) is 33.5 Å². The SMILES string of the molecule is CC(C)c1cccc(C(C)C)c1C1=CN(c2cccc(C(C)(C)c3ccccc3)c2)CN1c1cccc(Oc2ccc3c4ccccc4n(-c4cc(C(C)(C)C)ccn4)c3c2)c1. The Morgan fingerprint density at radius 3 is 1.94 bits per heavy atom. The summed E-state index contributed by atoms with van der Waals surface area (Å²) in [5.41, 5.74) is 13.3. The normalized spacial score (nSPS) is 13.5. The lowest BCUT2D eigenvalue weighted by molar-refractivity contribution is 0.483. The van der Waals surface area contributed by atoms with Crippen molar-refractivity contribution in [2.75, 3.05) is 16.5 Å². The molecule has 0 saturated heterocycles. The Bertz CT molecular complexity index is 2920. The van der Waals surface area contributed by atoms with Gasteiger partial charge in [0.05, 0.1) is 23.4 Å². The largest absolute Gasteiger partial charge is 0.457 e. The van der Waals surface area contributed by atoms with Crippen molar-refractivity contribution in [3.05, 3.63) is 197 Å². The van der Waals surface area contributed by atoms with Crippen LogP contribution in [-0.4, -0.2) is 16.2 Å². The van der Waals surface area contributed by atoms with Gasteiger partial charge in [-0.15, -0.1) is 0 Å². The van der Waals surface area contributed by atoms with Crippen LogP contribution in [0.1, 0.15) is 108 Å². The van der Waals surface area contributed by atoms with Gasteiger partial charge in [0.1, 0.15) is 17.3 Å². The van der Waals surface area contributed by atoms with Gasteiger partial charge in [-0.05, 0) is 99.7 Å². The molecule has 2 aromatic heterocycles. The maximum Gasteiger partial charge on any atom is 0.137 e. The standard InChI is InChI=1S/C57H58N4O/c1-38(2)47-25-17-26-48(39(3)4)55(47)53-36-59(43-21-15-20-42(32-43)57(8,9)40-18-11-10-12-19-40)37-60(53)44-22-16-23-45(34-44)62-46-28-29-50-49-24-13-14-27-51(49)61(52(50)35-46)54-33-41(30-31-58-54)56(5,6)7/h10-36,38-39H,37H2,1-9H3. The van der Waals surface area contributed by atoms with E-state index in [0.717, 1.165) is 39.4 Å². The lowest BCUT2D eigenvalue weighted by Crippen LogP contribution is -2.27. The molecule has 0 aliphatic carbocycles. The molecule has 312 valence electrons. The van der Waals surface area contributed by atoms with Gasteiger partial charge in [0, 0.05) is 57.7 Å². The first-order valence-corrected chi connectivity index (χ1v) is 22.1. The summed E-state index contributed by atoms with van der Waals surface area (Å²) in [6.45, 7) is 21.2. The Labute approximate surface area is 367 Å². The van der Waals surface area contributed by atoms with Crippen LogP contribution >= 0.6 is 0 Å². The molecule has 0 atom stereocenters. The maximum absolute atomic E-state index is 6.83. The average Bonchev–Trinajstić information content (AvgIpc) is 3.86. The minimum atomic E-state index is -0.158. The number of aromatic nitrogens is 2. The Kier molecular flexibility index (Phi) is 10.5. The van der Waals surface area contributed by atoms with Gasteiger partial charge in [0.15, 0.2) is 0 Å². The van der Waals surface area contributed by atoms with E-state index in [-0.39, 0.29) is 10.8 Å². The molecule has 0 spiro atoms. The van der Waals surface area contributed by atoms with Crippen molar-refractivity contribution >= 4 is 38.9 Å². The summed E-state index contributed by atoms with van der Waals surface area (Å²) in [7, 11) is 0. The summed E-state index contributed by atoms with van der Waals surface area (Å²) < 4.78 is 9.10. The van der Waals surface area contributed by atoms with Crippen LogP contribution in [0.25, 0.3) is 33.3 Å². The number of hydrogen-bond acceptors (Lipinski definition) is 4. The Hall–Kier alpha value is -6.59.